The molecule has 1 aliphatic heterocycles. The number of hydrogen-bond donors (Lipinski definition) is 0. The SMILES string of the molecule is CN(C(=O)OC(C)(C)C)C1CCCN(S(=O)(=O)Cc2ccccc2F)C1. The monoisotopic (exact) mass is 386 g/mol. The highest BCUT2D eigenvalue weighted by Gasteiger charge is 2.34. The first kappa shape index (κ1) is 20.6. The van der Waals surface area contributed by atoms with Gasteiger partial charge in [0.15, 0.2) is 0 Å². The Balaban J connectivity index is 2.07. The lowest BCUT2D eigenvalue weighted by Crippen LogP contribution is -2.51. The molecule has 1 atom stereocenters. The Morgan fingerprint density at radius 1 is 1.35 bits per heavy atom. The predicted molar refractivity (Wildman–Crippen MR) is 97.6 cm³/mol. The minimum Gasteiger partial charge on any atom is -0.444 e. The molecule has 2 rings (SSSR count). The van der Waals surface area contributed by atoms with Crippen molar-refractivity contribution in [3.8, 4) is 0 Å². The van der Waals surface area contributed by atoms with E-state index in [9.17, 15) is 17.6 Å². The van der Waals surface area contributed by atoms with E-state index in [0.29, 0.717) is 19.4 Å². The molecule has 0 N–H and O–H groups in total. The number of amides is 1. The lowest BCUT2D eigenvalue weighted by molar-refractivity contribution is 0.0173. The molecule has 0 radical (unpaired) electrons. The number of halogens is 1. The molecule has 8 heteroatoms. The van der Waals surface area contributed by atoms with Crippen molar-refractivity contribution >= 4 is 16.1 Å². The number of likely N-dealkylation sites (N-methyl/N-ethyl adjacent to an activating group) is 1. The van der Waals surface area contributed by atoms with E-state index in [2.05, 4.69) is 0 Å². The molecule has 0 bridgehead atoms. The number of rotatable bonds is 4. The molecule has 0 spiro atoms. The highest BCUT2D eigenvalue weighted by Crippen LogP contribution is 2.22. The molecular weight excluding hydrogens is 359 g/mol. The van der Waals surface area contributed by atoms with Crippen molar-refractivity contribution in [2.24, 2.45) is 0 Å². The molecule has 26 heavy (non-hydrogen) atoms. The Kier molecular flexibility index (Phi) is 6.29. The van der Waals surface area contributed by atoms with Gasteiger partial charge >= 0.3 is 6.09 Å². The van der Waals surface area contributed by atoms with Gasteiger partial charge in [-0.1, -0.05) is 18.2 Å². The molecule has 0 aliphatic carbocycles. The van der Waals surface area contributed by atoms with Gasteiger partial charge in [-0.25, -0.2) is 17.6 Å². The van der Waals surface area contributed by atoms with Crippen LogP contribution in [0.3, 0.4) is 0 Å². The van der Waals surface area contributed by atoms with Gasteiger partial charge in [-0.05, 0) is 39.7 Å². The summed E-state index contributed by atoms with van der Waals surface area (Å²) < 4.78 is 45.9. The van der Waals surface area contributed by atoms with E-state index in [-0.39, 0.29) is 23.9 Å². The van der Waals surface area contributed by atoms with Gasteiger partial charge in [0.05, 0.1) is 5.75 Å². The summed E-state index contributed by atoms with van der Waals surface area (Å²) in [4.78, 5) is 13.7. The second-order valence-electron chi connectivity index (χ2n) is 7.59. The van der Waals surface area contributed by atoms with Gasteiger partial charge in [-0.3, -0.25) is 0 Å². The molecule has 6 nitrogen and oxygen atoms in total. The number of sulfonamides is 1. The topological polar surface area (TPSA) is 66.9 Å². The number of nitrogens with zero attached hydrogens (tertiary/aromatic N) is 2. The Bertz CT molecular complexity index is 746. The number of piperidine rings is 1. The number of benzene rings is 1. The van der Waals surface area contributed by atoms with Crippen molar-refractivity contribution in [3.63, 3.8) is 0 Å². The minimum atomic E-state index is -3.67. The number of hydrogen-bond acceptors (Lipinski definition) is 4. The molecule has 1 heterocycles. The van der Waals surface area contributed by atoms with E-state index < -0.39 is 27.5 Å². The van der Waals surface area contributed by atoms with Crippen LogP contribution in [0.4, 0.5) is 9.18 Å². The van der Waals surface area contributed by atoms with Crippen LogP contribution in [0.15, 0.2) is 24.3 Å². The van der Waals surface area contributed by atoms with E-state index in [0.717, 1.165) is 0 Å². The zero-order valence-corrected chi connectivity index (χ0v) is 16.6. The van der Waals surface area contributed by atoms with Crippen LogP contribution >= 0.6 is 0 Å². The molecule has 1 aromatic carbocycles. The van der Waals surface area contributed by atoms with Gasteiger partial charge in [-0.15, -0.1) is 0 Å². The van der Waals surface area contributed by atoms with Gasteiger partial charge in [0.25, 0.3) is 0 Å². The summed E-state index contributed by atoms with van der Waals surface area (Å²) in [5.74, 6) is -0.918. The van der Waals surface area contributed by atoms with Crippen LogP contribution in [0.2, 0.25) is 0 Å². The third kappa shape index (κ3) is 5.41. The molecule has 0 saturated carbocycles. The van der Waals surface area contributed by atoms with Gasteiger partial charge in [0.2, 0.25) is 10.0 Å². The van der Waals surface area contributed by atoms with Crippen LogP contribution in [-0.4, -0.2) is 55.5 Å². The normalized spacial score (nSPS) is 19.2. The summed E-state index contributed by atoms with van der Waals surface area (Å²) in [6.45, 7) is 5.91. The third-order valence-electron chi connectivity index (χ3n) is 4.28. The van der Waals surface area contributed by atoms with Gasteiger partial charge in [0, 0.05) is 31.7 Å². The van der Waals surface area contributed by atoms with Crippen molar-refractivity contribution < 1.29 is 22.3 Å². The smallest absolute Gasteiger partial charge is 0.410 e. The standard InChI is InChI=1S/C18H27FN2O4S/c1-18(2,3)25-17(22)20(4)15-9-7-11-21(12-15)26(23,24)13-14-8-5-6-10-16(14)19/h5-6,8,10,15H,7,9,11-13H2,1-4H3. The maximum absolute atomic E-state index is 13.8. The van der Waals surface area contributed by atoms with Crippen molar-refractivity contribution in [2.45, 2.75) is 51.0 Å². The van der Waals surface area contributed by atoms with Crippen molar-refractivity contribution in [2.75, 3.05) is 20.1 Å². The summed E-state index contributed by atoms with van der Waals surface area (Å²) >= 11 is 0. The van der Waals surface area contributed by atoms with E-state index in [4.69, 9.17) is 4.74 Å². The van der Waals surface area contributed by atoms with E-state index in [1.165, 1.54) is 27.4 Å². The van der Waals surface area contributed by atoms with Crippen molar-refractivity contribution in [3.05, 3.63) is 35.6 Å². The second-order valence-corrected chi connectivity index (χ2v) is 9.56. The fourth-order valence-corrected chi connectivity index (χ4v) is 4.49. The highest BCUT2D eigenvalue weighted by atomic mass is 32.2. The largest absolute Gasteiger partial charge is 0.444 e. The Morgan fingerprint density at radius 3 is 2.62 bits per heavy atom. The van der Waals surface area contributed by atoms with E-state index >= 15 is 0 Å². The van der Waals surface area contributed by atoms with Crippen molar-refractivity contribution in [1.82, 2.24) is 9.21 Å². The van der Waals surface area contributed by atoms with Crippen LogP contribution in [0, 0.1) is 5.82 Å². The average Bonchev–Trinajstić information content (AvgIpc) is 2.54. The zero-order valence-electron chi connectivity index (χ0n) is 15.7. The first-order valence-corrected chi connectivity index (χ1v) is 10.3. The van der Waals surface area contributed by atoms with Gasteiger partial charge < -0.3 is 9.64 Å². The lowest BCUT2D eigenvalue weighted by Gasteiger charge is -2.37. The third-order valence-corrected chi connectivity index (χ3v) is 6.07. The maximum atomic E-state index is 13.8. The Labute approximate surface area is 155 Å². The predicted octanol–water partition coefficient (Wildman–Crippen LogP) is 2.99. The minimum absolute atomic E-state index is 0.148. The summed E-state index contributed by atoms with van der Waals surface area (Å²) in [5, 5.41) is 0. The summed E-state index contributed by atoms with van der Waals surface area (Å²) in [6, 6.07) is 5.59. The highest BCUT2D eigenvalue weighted by molar-refractivity contribution is 7.88. The quantitative estimate of drug-likeness (QED) is 0.798. The van der Waals surface area contributed by atoms with E-state index in [1.54, 1.807) is 33.9 Å². The van der Waals surface area contributed by atoms with Gasteiger partial charge in [0.1, 0.15) is 11.4 Å². The van der Waals surface area contributed by atoms with Crippen LogP contribution in [0.5, 0.6) is 0 Å². The zero-order chi connectivity index (χ0) is 19.5. The Hall–Kier alpha value is -1.67. The second kappa shape index (κ2) is 7.92. The van der Waals surface area contributed by atoms with Crippen molar-refractivity contribution in [1.29, 1.82) is 0 Å². The Morgan fingerprint density at radius 2 is 2.00 bits per heavy atom. The molecular formula is C18H27FN2O4S. The molecule has 0 aromatic heterocycles. The summed E-state index contributed by atoms with van der Waals surface area (Å²) in [7, 11) is -2.05. The molecule has 1 saturated heterocycles. The summed E-state index contributed by atoms with van der Waals surface area (Å²) in [5.41, 5.74) is -0.466. The maximum Gasteiger partial charge on any atom is 0.410 e. The lowest BCUT2D eigenvalue weighted by atomic mass is 10.1. The molecule has 1 amide bonds. The molecule has 1 unspecified atom stereocenters. The number of ether oxygens (including phenoxy) is 1. The summed E-state index contributed by atoms with van der Waals surface area (Å²) in [6.07, 6.45) is 0.853. The molecule has 1 aromatic rings. The van der Waals surface area contributed by atoms with Crippen LogP contribution in [0.1, 0.15) is 39.2 Å². The fourth-order valence-electron chi connectivity index (χ4n) is 2.88. The van der Waals surface area contributed by atoms with E-state index in [1.807, 2.05) is 0 Å². The molecule has 146 valence electrons. The first-order valence-electron chi connectivity index (χ1n) is 8.66. The molecule has 1 aliphatic rings. The molecule has 1 fully saturated rings. The van der Waals surface area contributed by atoms with Gasteiger partial charge in [-0.2, -0.15) is 4.31 Å². The first-order chi connectivity index (χ1) is 12.0. The number of carbonyl (C=O) groups is 1. The fraction of sp³-hybridized carbons (Fsp3) is 0.611. The average molecular weight is 386 g/mol. The van der Waals surface area contributed by atoms with Crippen LogP contribution < -0.4 is 0 Å². The number of carbonyl (C=O) groups excluding carboxylic acids is 1. The van der Waals surface area contributed by atoms with Crippen LogP contribution in [0.25, 0.3) is 0 Å². The van der Waals surface area contributed by atoms with Crippen LogP contribution in [-0.2, 0) is 20.5 Å².